The zero-order chi connectivity index (χ0) is 28.5. The molecule has 0 bridgehead atoms. The highest BCUT2D eigenvalue weighted by Gasteiger charge is 2.23. The Kier molecular flexibility index (Phi) is 13.0. The molecule has 1 atom stereocenters. The minimum Gasteiger partial charge on any atom is -0.459 e. The summed E-state index contributed by atoms with van der Waals surface area (Å²) < 4.78 is 39.8. The lowest BCUT2D eigenvalue weighted by atomic mass is 10.1. The molecule has 3 aromatic rings. The van der Waals surface area contributed by atoms with Crippen molar-refractivity contribution in [1.29, 1.82) is 0 Å². The predicted octanol–water partition coefficient (Wildman–Crippen LogP) is 3.01. The number of ether oxygens (including phenoxy) is 2. The second kappa shape index (κ2) is 16.4. The van der Waals surface area contributed by atoms with Crippen molar-refractivity contribution in [3.05, 3.63) is 102 Å². The number of nitrogens with two attached hydrogens (primary N) is 2. The van der Waals surface area contributed by atoms with Crippen LogP contribution in [-0.2, 0) is 37.6 Å². The third kappa shape index (κ3) is 13.1. The van der Waals surface area contributed by atoms with Crippen LogP contribution in [0.15, 0.2) is 101 Å². The van der Waals surface area contributed by atoms with Crippen LogP contribution >= 0.6 is 0 Å². The first-order chi connectivity index (χ1) is 18.6. The van der Waals surface area contributed by atoms with Gasteiger partial charge in [-0.05, 0) is 36.1 Å². The lowest BCUT2D eigenvalue weighted by molar-refractivity contribution is -0.147. The monoisotopic (exact) mass is 556 g/mol. The van der Waals surface area contributed by atoms with Gasteiger partial charge in [0.25, 0.3) is 10.1 Å². The molecule has 0 fully saturated rings. The summed E-state index contributed by atoms with van der Waals surface area (Å²) in [6.45, 7) is 0.558. The summed E-state index contributed by atoms with van der Waals surface area (Å²) in [6.07, 6.45) is 0.102. The van der Waals surface area contributed by atoms with Gasteiger partial charge in [-0.2, -0.15) is 8.42 Å². The van der Waals surface area contributed by atoms with E-state index in [-0.39, 0.29) is 24.1 Å². The summed E-state index contributed by atoms with van der Waals surface area (Å²) in [4.78, 5) is 28.4. The average Bonchev–Trinajstić information content (AvgIpc) is 2.93. The molecule has 0 aliphatic carbocycles. The minimum atomic E-state index is -4.00. The molecule has 208 valence electrons. The molecule has 6 N–H and O–H groups in total. The first kappa shape index (κ1) is 30.8. The van der Waals surface area contributed by atoms with E-state index in [1.165, 1.54) is 12.1 Å². The molecule has 12 heteroatoms. The maximum Gasteiger partial charge on any atom is 0.408 e. The van der Waals surface area contributed by atoms with Gasteiger partial charge < -0.3 is 26.3 Å². The number of hydrogen-bond donors (Lipinski definition) is 4. The van der Waals surface area contributed by atoms with Crippen molar-refractivity contribution in [3.8, 4) is 0 Å². The zero-order valence-electron chi connectivity index (χ0n) is 21.2. The Morgan fingerprint density at radius 1 is 0.821 bits per heavy atom. The highest BCUT2D eigenvalue weighted by atomic mass is 32.2. The zero-order valence-corrected chi connectivity index (χ0v) is 22.0. The molecule has 0 saturated carbocycles. The van der Waals surface area contributed by atoms with Crippen molar-refractivity contribution in [2.75, 3.05) is 6.54 Å². The summed E-state index contributed by atoms with van der Waals surface area (Å²) in [5.74, 6) is -0.571. The molecule has 39 heavy (non-hydrogen) atoms. The molecule has 0 saturated heterocycles. The maximum absolute atomic E-state index is 12.5. The number of amides is 1. The fourth-order valence-corrected chi connectivity index (χ4v) is 3.58. The van der Waals surface area contributed by atoms with Crippen LogP contribution in [0.1, 0.15) is 24.0 Å². The van der Waals surface area contributed by atoms with E-state index >= 15 is 0 Å². The topological polar surface area (TPSA) is 183 Å². The van der Waals surface area contributed by atoms with E-state index in [1.54, 1.807) is 18.2 Å². The van der Waals surface area contributed by atoms with E-state index in [0.29, 0.717) is 19.4 Å². The van der Waals surface area contributed by atoms with Gasteiger partial charge in [0.05, 0.1) is 4.90 Å². The van der Waals surface area contributed by atoms with Crippen LogP contribution in [-0.4, -0.2) is 43.6 Å². The molecule has 3 aromatic carbocycles. The van der Waals surface area contributed by atoms with E-state index in [1.807, 2.05) is 60.7 Å². The molecule has 3 rings (SSSR count). The van der Waals surface area contributed by atoms with Gasteiger partial charge in [-0.3, -0.25) is 9.55 Å². The molecule has 0 aliphatic heterocycles. The van der Waals surface area contributed by atoms with Gasteiger partial charge in [-0.15, -0.1) is 0 Å². The normalized spacial score (nSPS) is 11.2. The van der Waals surface area contributed by atoms with Gasteiger partial charge in [0, 0.05) is 6.54 Å². The van der Waals surface area contributed by atoms with Crippen LogP contribution in [0, 0.1) is 0 Å². The number of rotatable bonds is 11. The van der Waals surface area contributed by atoms with Crippen LogP contribution < -0.4 is 16.8 Å². The van der Waals surface area contributed by atoms with Gasteiger partial charge >= 0.3 is 12.1 Å². The fraction of sp³-hybridized carbons (Fsp3) is 0.222. The van der Waals surface area contributed by atoms with Gasteiger partial charge in [0.15, 0.2) is 5.96 Å². The standard InChI is InChI=1S/C21H26N4O4.C6H6O3S/c22-20(23)24-13-7-12-18(19(26)28-14-16-8-3-1-4-9-16)25-21(27)29-15-17-10-5-2-6-11-17;7-10(8,9)6-4-2-1-3-5-6/h1-6,8-11,18H,7,12-15H2,(H,25,27)(H4,22,23,24);1-5H,(H,7,8,9)/t18-;/m0./s1. The summed E-state index contributed by atoms with van der Waals surface area (Å²) in [5.41, 5.74) is 12.3. The first-order valence-corrected chi connectivity index (χ1v) is 13.3. The fourth-order valence-electron chi connectivity index (χ4n) is 3.08. The number of nitrogens with one attached hydrogen (secondary N) is 1. The van der Waals surface area contributed by atoms with Crippen molar-refractivity contribution < 1.29 is 32.0 Å². The molecule has 11 nitrogen and oxygen atoms in total. The van der Waals surface area contributed by atoms with Crippen LogP contribution in [0.25, 0.3) is 0 Å². The third-order valence-corrected chi connectivity index (χ3v) is 5.87. The van der Waals surface area contributed by atoms with Crippen LogP contribution in [0.3, 0.4) is 0 Å². The minimum absolute atomic E-state index is 0.0246. The van der Waals surface area contributed by atoms with Gasteiger partial charge in [-0.25, -0.2) is 9.59 Å². The van der Waals surface area contributed by atoms with E-state index in [4.69, 9.17) is 25.5 Å². The van der Waals surface area contributed by atoms with Crippen molar-refractivity contribution in [2.24, 2.45) is 16.5 Å². The first-order valence-electron chi connectivity index (χ1n) is 11.9. The van der Waals surface area contributed by atoms with Gasteiger partial charge in [0.2, 0.25) is 0 Å². The molecular formula is C27H32N4O7S. The van der Waals surface area contributed by atoms with Crippen molar-refractivity contribution in [2.45, 2.75) is 37.0 Å². The number of guanidine groups is 1. The summed E-state index contributed by atoms with van der Waals surface area (Å²) >= 11 is 0. The van der Waals surface area contributed by atoms with E-state index in [9.17, 15) is 18.0 Å². The van der Waals surface area contributed by atoms with Crippen LogP contribution in [0.2, 0.25) is 0 Å². The quantitative estimate of drug-likeness (QED) is 0.0906. The Labute approximate surface area is 227 Å². The largest absolute Gasteiger partial charge is 0.459 e. The Hall–Kier alpha value is -4.42. The number of aliphatic imine (C=N–C) groups is 1. The lowest BCUT2D eigenvalue weighted by Crippen LogP contribution is -2.42. The summed E-state index contributed by atoms with van der Waals surface area (Å²) in [6, 6.07) is 25.1. The van der Waals surface area contributed by atoms with E-state index in [0.717, 1.165) is 11.1 Å². The predicted molar refractivity (Wildman–Crippen MR) is 146 cm³/mol. The number of carbonyl (C=O) groups excluding carboxylic acids is 2. The molecule has 0 aliphatic rings. The number of esters is 1. The van der Waals surface area contributed by atoms with E-state index in [2.05, 4.69) is 10.3 Å². The molecule has 1 amide bonds. The highest BCUT2D eigenvalue weighted by Crippen LogP contribution is 2.07. The molecule has 0 radical (unpaired) electrons. The molecule has 0 unspecified atom stereocenters. The molecule has 0 heterocycles. The molecular weight excluding hydrogens is 524 g/mol. The highest BCUT2D eigenvalue weighted by molar-refractivity contribution is 7.85. The van der Waals surface area contributed by atoms with Crippen molar-refractivity contribution in [3.63, 3.8) is 0 Å². The third-order valence-electron chi connectivity index (χ3n) is 5.00. The molecule has 0 aromatic heterocycles. The number of benzene rings is 3. The number of alkyl carbamates (subject to hydrolysis) is 1. The second-order valence-electron chi connectivity index (χ2n) is 8.09. The van der Waals surface area contributed by atoms with Gasteiger partial charge in [0.1, 0.15) is 19.3 Å². The number of carbonyl (C=O) groups is 2. The smallest absolute Gasteiger partial charge is 0.408 e. The Morgan fingerprint density at radius 3 is 1.77 bits per heavy atom. The van der Waals surface area contributed by atoms with Crippen molar-refractivity contribution >= 4 is 28.1 Å². The Bertz CT molecular complexity index is 1290. The lowest BCUT2D eigenvalue weighted by Gasteiger charge is -2.17. The van der Waals surface area contributed by atoms with Crippen molar-refractivity contribution in [1.82, 2.24) is 5.32 Å². The Morgan fingerprint density at radius 2 is 1.31 bits per heavy atom. The SMILES string of the molecule is NC(N)=NCCC[C@H](NC(=O)OCc1ccccc1)C(=O)OCc1ccccc1.O=S(=O)(O)c1ccccc1. The van der Waals surface area contributed by atoms with Gasteiger partial charge in [-0.1, -0.05) is 78.9 Å². The molecule has 0 spiro atoms. The average molecular weight is 557 g/mol. The second-order valence-corrected chi connectivity index (χ2v) is 9.51. The number of hydrogen-bond acceptors (Lipinski definition) is 7. The van der Waals surface area contributed by atoms with Crippen LogP contribution in [0.4, 0.5) is 4.79 Å². The summed E-state index contributed by atoms with van der Waals surface area (Å²) in [7, 11) is -4.00. The Balaban J connectivity index is 0.000000446. The number of nitrogens with zero attached hydrogens (tertiary/aromatic N) is 1. The van der Waals surface area contributed by atoms with E-state index < -0.39 is 28.2 Å². The summed E-state index contributed by atoms with van der Waals surface area (Å²) in [5, 5.41) is 2.56. The van der Waals surface area contributed by atoms with Crippen LogP contribution in [0.5, 0.6) is 0 Å². The maximum atomic E-state index is 12.5.